The summed E-state index contributed by atoms with van der Waals surface area (Å²) in [6.45, 7) is 1.76. The van der Waals surface area contributed by atoms with Gasteiger partial charge in [0.25, 0.3) is 0 Å². The molecule has 0 aliphatic carbocycles. The van der Waals surface area contributed by atoms with Gasteiger partial charge in [-0.2, -0.15) is 0 Å². The maximum atomic E-state index is 12.2. The zero-order chi connectivity index (χ0) is 14.7. The number of nitrogens with zero attached hydrogens (tertiary/aromatic N) is 1. The van der Waals surface area contributed by atoms with Crippen molar-refractivity contribution in [2.45, 2.75) is 6.92 Å². The van der Waals surface area contributed by atoms with Gasteiger partial charge in [-0.15, -0.1) is 0 Å². The van der Waals surface area contributed by atoms with Gasteiger partial charge in [0.05, 0.1) is 13.1 Å². The third-order valence-electron chi connectivity index (χ3n) is 2.83. The number of aryl methyl sites for hydroxylation is 1. The van der Waals surface area contributed by atoms with Crippen LogP contribution in [-0.2, 0) is 18.9 Å². The van der Waals surface area contributed by atoms with E-state index in [0.717, 1.165) is 5.56 Å². The van der Waals surface area contributed by atoms with Crippen LogP contribution in [0.4, 0.5) is 0 Å². The second kappa shape index (κ2) is 5.87. The van der Waals surface area contributed by atoms with E-state index in [1.54, 1.807) is 31.3 Å². The number of hydrogen-bond acceptors (Lipinski definition) is 6. The lowest BCUT2D eigenvalue weighted by molar-refractivity contribution is -0.145. The molecule has 104 valence electrons. The van der Waals surface area contributed by atoms with Crippen LogP contribution in [0.3, 0.4) is 0 Å². The van der Waals surface area contributed by atoms with Gasteiger partial charge in [-0.1, -0.05) is 29.8 Å². The summed E-state index contributed by atoms with van der Waals surface area (Å²) in [5.41, 5.74) is 0.779. The molecule has 7 heteroatoms. The molecule has 0 radical (unpaired) electrons. The molecule has 0 unspecified atom stereocenters. The topological polar surface area (TPSA) is 72.9 Å². The van der Waals surface area contributed by atoms with Crippen LogP contribution in [0.5, 0.6) is 0 Å². The summed E-state index contributed by atoms with van der Waals surface area (Å²) in [6, 6.07) is 6.72. The number of rotatable bonds is 2. The van der Waals surface area contributed by atoms with Crippen LogP contribution in [0.25, 0.3) is 0 Å². The lowest BCUT2D eigenvalue weighted by Gasteiger charge is -2.21. The first-order valence-corrected chi connectivity index (χ1v) is 6.14. The van der Waals surface area contributed by atoms with Crippen LogP contribution in [0, 0.1) is 6.92 Å². The normalized spacial score (nSPS) is 17.0. The summed E-state index contributed by atoms with van der Waals surface area (Å²) in [5.74, 6) is -1.21. The Kier molecular flexibility index (Phi) is 4.19. The highest BCUT2D eigenvalue weighted by atomic mass is 16.6. The van der Waals surface area contributed by atoms with Crippen LogP contribution in [0.1, 0.15) is 15.9 Å². The molecule has 1 aromatic carbocycles. The minimum Gasteiger partial charge on any atom is -0.492 e. The van der Waals surface area contributed by atoms with Gasteiger partial charge in [0.15, 0.2) is 0 Å². The molecule has 1 aromatic rings. The second-order valence-electron chi connectivity index (χ2n) is 4.71. The summed E-state index contributed by atoms with van der Waals surface area (Å²) < 4.78 is 9.81. The minimum atomic E-state index is -1.51. The number of hydrogen-bond donors (Lipinski definition) is 0. The fourth-order valence-corrected chi connectivity index (χ4v) is 1.79. The molecule has 1 aliphatic heterocycles. The largest absolute Gasteiger partial charge is 0.680 e. The predicted octanol–water partition coefficient (Wildman–Crippen LogP) is 0.237. The average molecular weight is 275 g/mol. The van der Waals surface area contributed by atoms with Gasteiger partial charge in [0.2, 0.25) is 5.68 Å². The average Bonchev–Trinajstić information content (AvgIpc) is 2.36. The SMILES string of the molecule is Cc1ccc(C(=O)B2OC(=O)CN(C)CC(=O)O2)cc1. The number of carbonyl (C=O) groups excluding carboxylic acids is 3. The smallest absolute Gasteiger partial charge is 0.492 e. The molecule has 1 fully saturated rings. The van der Waals surface area contributed by atoms with E-state index in [1.807, 2.05) is 6.92 Å². The van der Waals surface area contributed by atoms with E-state index in [4.69, 9.17) is 9.31 Å². The van der Waals surface area contributed by atoms with E-state index in [9.17, 15) is 14.4 Å². The van der Waals surface area contributed by atoms with Crippen molar-refractivity contribution in [3.8, 4) is 0 Å². The molecule has 2 rings (SSSR count). The van der Waals surface area contributed by atoms with Gasteiger partial charge >= 0.3 is 19.1 Å². The van der Waals surface area contributed by atoms with Crippen molar-refractivity contribution < 1.29 is 23.7 Å². The first-order valence-electron chi connectivity index (χ1n) is 6.14. The van der Waals surface area contributed by atoms with Crippen LogP contribution in [-0.4, -0.2) is 49.8 Å². The molecule has 0 saturated carbocycles. The van der Waals surface area contributed by atoms with Crippen LogP contribution < -0.4 is 0 Å². The van der Waals surface area contributed by atoms with Crippen molar-refractivity contribution in [1.82, 2.24) is 4.90 Å². The highest BCUT2D eigenvalue weighted by molar-refractivity contribution is 6.85. The number of likely N-dealkylation sites (N-methyl/N-ethyl adjacent to an activating group) is 1. The maximum Gasteiger partial charge on any atom is 0.680 e. The molecular formula is C13H14BNO5. The Hall–Kier alpha value is -2.15. The van der Waals surface area contributed by atoms with Crippen molar-refractivity contribution in [3.63, 3.8) is 0 Å². The fraction of sp³-hybridized carbons (Fsp3) is 0.308. The van der Waals surface area contributed by atoms with Gasteiger partial charge in [-0.05, 0) is 14.0 Å². The van der Waals surface area contributed by atoms with Crippen molar-refractivity contribution in [1.29, 1.82) is 0 Å². The zero-order valence-electron chi connectivity index (χ0n) is 11.3. The van der Waals surface area contributed by atoms with Gasteiger partial charge < -0.3 is 9.31 Å². The molecule has 1 aliphatic rings. The molecule has 0 N–H and O–H groups in total. The quantitative estimate of drug-likeness (QED) is 0.720. The Morgan fingerprint density at radius 3 is 2.10 bits per heavy atom. The van der Waals surface area contributed by atoms with Gasteiger partial charge in [-0.25, -0.2) is 0 Å². The van der Waals surface area contributed by atoms with Crippen molar-refractivity contribution >= 4 is 24.7 Å². The standard InChI is InChI=1S/C13H14BNO5/c1-9-3-5-10(6-4-9)13(18)14-19-11(16)7-15(2)8-12(17)20-14/h3-6H,7-8H2,1-2H3. The van der Waals surface area contributed by atoms with E-state index in [1.165, 1.54) is 4.90 Å². The van der Waals surface area contributed by atoms with Crippen LogP contribution in [0.2, 0.25) is 0 Å². The summed E-state index contributed by atoms with van der Waals surface area (Å²) in [4.78, 5) is 36.7. The van der Waals surface area contributed by atoms with Gasteiger partial charge in [0, 0.05) is 5.56 Å². The molecule has 0 atom stereocenters. The molecule has 0 spiro atoms. The lowest BCUT2D eigenvalue weighted by Crippen LogP contribution is -2.46. The number of benzene rings is 1. The first-order chi connectivity index (χ1) is 9.45. The fourth-order valence-electron chi connectivity index (χ4n) is 1.79. The minimum absolute atomic E-state index is 0.0627. The van der Waals surface area contributed by atoms with Crippen LogP contribution in [0.15, 0.2) is 24.3 Å². The summed E-state index contributed by atoms with van der Waals surface area (Å²) in [6.07, 6.45) is 0. The second-order valence-corrected chi connectivity index (χ2v) is 4.71. The van der Waals surface area contributed by atoms with E-state index in [0.29, 0.717) is 5.56 Å². The molecule has 1 heterocycles. The molecular weight excluding hydrogens is 261 g/mol. The van der Waals surface area contributed by atoms with E-state index < -0.39 is 24.7 Å². The Labute approximate surface area is 116 Å². The molecule has 0 aromatic heterocycles. The highest BCUT2D eigenvalue weighted by Crippen LogP contribution is 2.09. The molecule has 0 bridgehead atoms. The number of carbonyl (C=O) groups is 3. The summed E-state index contributed by atoms with van der Waals surface area (Å²) >= 11 is 0. The lowest BCUT2D eigenvalue weighted by atomic mass is 9.78. The Balaban J connectivity index is 2.16. The predicted molar refractivity (Wildman–Crippen MR) is 70.9 cm³/mol. The highest BCUT2D eigenvalue weighted by Gasteiger charge is 2.39. The molecule has 0 amide bonds. The van der Waals surface area contributed by atoms with Gasteiger partial charge in [0.1, 0.15) is 0 Å². The van der Waals surface area contributed by atoms with Crippen molar-refractivity contribution in [2.24, 2.45) is 0 Å². The van der Waals surface area contributed by atoms with E-state index in [-0.39, 0.29) is 13.1 Å². The monoisotopic (exact) mass is 275 g/mol. The van der Waals surface area contributed by atoms with Gasteiger partial charge in [-0.3, -0.25) is 19.3 Å². The van der Waals surface area contributed by atoms with Crippen molar-refractivity contribution in [2.75, 3.05) is 20.1 Å². The zero-order valence-corrected chi connectivity index (χ0v) is 11.3. The Morgan fingerprint density at radius 1 is 1.10 bits per heavy atom. The first kappa shape index (κ1) is 14.3. The molecule has 6 nitrogen and oxygen atoms in total. The van der Waals surface area contributed by atoms with E-state index in [2.05, 4.69) is 0 Å². The van der Waals surface area contributed by atoms with Crippen molar-refractivity contribution in [3.05, 3.63) is 35.4 Å². The maximum absolute atomic E-state index is 12.2. The van der Waals surface area contributed by atoms with Crippen LogP contribution >= 0.6 is 0 Å². The third kappa shape index (κ3) is 3.45. The molecule has 1 saturated heterocycles. The van der Waals surface area contributed by atoms with E-state index >= 15 is 0 Å². The summed E-state index contributed by atoms with van der Waals surface area (Å²) in [7, 11) is 0.0800. The summed E-state index contributed by atoms with van der Waals surface area (Å²) in [5, 5.41) is 0. The Morgan fingerprint density at radius 2 is 1.60 bits per heavy atom. The third-order valence-corrected chi connectivity index (χ3v) is 2.83. The molecule has 20 heavy (non-hydrogen) atoms. The Bertz CT molecular complexity index is 522.